The molecule has 6 nitrogen and oxygen atoms in total. The average Bonchev–Trinajstić information content (AvgIpc) is 2.57. The number of hydrogen-bond donors (Lipinski definition) is 0. The van der Waals surface area contributed by atoms with Crippen LogP contribution in [0.5, 0.6) is 0 Å². The number of methoxy groups -OCH3 is 1. The molecule has 1 aliphatic heterocycles. The van der Waals surface area contributed by atoms with Gasteiger partial charge in [-0.3, -0.25) is 0 Å². The van der Waals surface area contributed by atoms with Crippen molar-refractivity contribution in [2.45, 2.75) is 6.10 Å². The summed E-state index contributed by atoms with van der Waals surface area (Å²) in [7, 11) is 1.63. The van der Waals surface area contributed by atoms with Crippen LogP contribution in [0.2, 0.25) is 0 Å². The van der Waals surface area contributed by atoms with E-state index >= 15 is 0 Å². The monoisotopic (exact) mass is 345 g/mol. The fourth-order valence-electron chi connectivity index (χ4n) is 1.15. The minimum absolute atomic E-state index is 0.164. The van der Waals surface area contributed by atoms with Crippen LogP contribution in [0, 0.1) is 0 Å². The van der Waals surface area contributed by atoms with Crippen LogP contribution in [0.1, 0.15) is 0 Å². The fraction of sp³-hybridized carbons (Fsp3) is 0.889. The minimum Gasteiger partial charge on any atom is -0.441 e. The molecule has 0 aromatic carbocycles. The standard InChI is InChI=1S/C9H16INO5/c1-13-2-3-14-4-5-15-7-8-6-11(10)9(12)16-8/h8H,2-7H2,1H3/t8-/m1/s1. The van der Waals surface area contributed by atoms with Gasteiger partial charge in [-0.1, -0.05) is 0 Å². The third-order valence-electron chi connectivity index (χ3n) is 1.94. The first-order valence-electron chi connectivity index (χ1n) is 5.02. The first-order valence-corrected chi connectivity index (χ1v) is 5.99. The number of ether oxygens (including phenoxy) is 4. The molecule has 94 valence electrons. The summed E-state index contributed by atoms with van der Waals surface area (Å²) in [5.41, 5.74) is 0. The van der Waals surface area contributed by atoms with Crippen LogP contribution in [0.3, 0.4) is 0 Å². The molecule has 0 saturated carbocycles. The lowest BCUT2D eigenvalue weighted by Crippen LogP contribution is -2.21. The molecule has 0 aliphatic carbocycles. The van der Waals surface area contributed by atoms with E-state index in [1.807, 2.05) is 22.9 Å². The van der Waals surface area contributed by atoms with E-state index < -0.39 is 0 Å². The van der Waals surface area contributed by atoms with Gasteiger partial charge in [0.2, 0.25) is 0 Å². The van der Waals surface area contributed by atoms with Crippen LogP contribution in [-0.2, 0) is 18.9 Å². The quantitative estimate of drug-likeness (QED) is 0.371. The molecule has 0 N–H and O–H groups in total. The van der Waals surface area contributed by atoms with E-state index in [0.29, 0.717) is 39.6 Å². The molecule has 16 heavy (non-hydrogen) atoms. The SMILES string of the molecule is COCCOCCOC[C@H]1CN(I)C(=O)O1. The summed E-state index contributed by atoms with van der Waals surface area (Å²) in [6.45, 7) is 3.17. The van der Waals surface area contributed by atoms with Crippen LogP contribution in [0.15, 0.2) is 0 Å². The number of rotatable bonds is 8. The molecule has 0 spiro atoms. The maximum Gasteiger partial charge on any atom is 0.419 e. The maximum absolute atomic E-state index is 11.0. The Morgan fingerprint density at radius 3 is 2.69 bits per heavy atom. The van der Waals surface area contributed by atoms with Gasteiger partial charge in [0.25, 0.3) is 0 Å². The lowest BCUT2D eigenvalue weighted by Gasteiger charge is -2.08. The molecule has 1 fully saturated rings. The highest BCUT2D eigenvalue weighted by molar-refractivity contribution is 14.1. The van der Waals surface area contributed by atoms with Gasteiger partial charge in [-0.15, -0.1) is 0 Å². The van der Waals surface area contributed by atoms with Crippen LogP contribution in [0.4, 0.5) is 4.79 Å². The van der Waals surface area contributed by atoms with Crippen molar-refractivity contribution in [2.75, 3.05) is 46.7 Å². The number of carbonyl (C=O) groups excluding carboxylic acids is 1. The van der Waals surface area contributed by atoms with Crippen molar-refractivity contribution in [3.8, 4) is 0 Å². The van der Waals surface area contributed by atoms with Crippen molar-refractivity contribution in [3.05, 3.63) is 0 Å². The zero-order chi connectivity index (χ0) is 11.8. The molecule has 1 atom stereocenters. The highest BCUT2D eigenvalue weighted by Gasteiger charge is 2.29. The third kappa shape index (κ3) is 5.28. The average molecular weight is 345 g/mol. The van der Waals surface area contributed by atoms with Gasteiger partial charge in [0.15, 0.2) is 0 Å². The number of carbonyl (C=O) groups is 1. The zero-order valence-corrected chi connectivity index (χ0v) is 11.3. The maximum atomic E-state index is 11.0. The van der Waals surface area contributed by atoms with E-state index in [4.69, 9.17) is 18.9 Å². The molecule has 0 radical (unpaired) electrons. The lowest BCUT2D eigenvalue weighted by molar-refractivity contribution is 0.000617. The summed E-state index contributed by atoms with van der Waals surface area (Å²) in [5, 5.41) is 0. The molecule has 0 unspecified atom stereocenters. The van der Waals surface area contributed by atoms with Gasteiger partial charge in [-0.2, -0.15) is 0 Å². The predicted octanol–water partition coefficient (Wildman–Crippen LogP) is 0.837. The Morgan fingerprint density at radius 2 is 2.06 bits per heavy atom. The van der Waals surface area contributed by atoms with E-state index in [1.165, 1.54) is 3.11 Å². The van der Waals surface area contributed by atoms with Gasteiger partial charge in [0.1, 0.15) is 6.10 Å². The zero-order valence-electron chi connectivity index (χ0n) is 9.19. The number of halogens is 1. The minimum atomic E-state index is -0.300. The molecule has 1 rings (SSSR count). The van der Waals surface area contributed by atoms with Gasteiger partial charge in [0.05, 0.1) is 62.4 Å². The first kappa shape index (κ1) is 13.9. The van der Waals surface area contributed by atoms with Crippen LogP contribution in [0.25, 0.3) is 0 Å². The van der Waals surface area contributed by atoms with Crippen molar-refractivity contribution in [3.63, 3.8) is 0 Å². The summed E-state index contributed by atoms with van der Waals surface area (Å²) >= 11 is 1.92. The highest BCUT2D eigenvalue weighted by atomic mass is 127. The highest BCUT2D eigenvalue weighted by Crippen LogP contribution is 2.15. The van der Waals surface area contributed by atoms with Crippen molar-refractivity contribution >= 4 is 29.0 Å². The summed E-state index contributed by atoms with van der Waals surface area (Å²) in [5.74, 6) is 0. The van der Waals surface area contributed by atoms with Gasteiger partial charge in [0, 0.05) is 7.11 Å². The summed E-state index contributed by atoms with van der Waals surface area (Å²) < 4.78 is 21.9. The molecule has 0 bridgehead atoms. The molecule has 0 aromatic rings. The van der Waals surface area contributed by atoms with Crippen molar-refractivity contribution in [2.24, 2.45) is 0 Å². The summed E-state index contributed by atoms with van der Waals surface area (Å²) in [6.07, 6.45) is -0.464. The van der Waals surface area contributed by atoms with Crippen molar-refractivity contribution < 1.29 is 23.7 Å². The second kappa shape index (κ2) is 8.04. The number of hydrogen-bond acceptors (Lipinski definition) is 5. The van der Waals surface area contributed by atoms with Crippen LogP contribution >= 0.6 is 22.9 Å². The van der Waals surface area contributed by atoms with Crippen molar-refractivity contribution in [1.29, 1.82) is 0 Å². The third-order valence-corrected chi connectivity index (χ3v) is 2.72. The summed E-state index contributed by atoms with van der Waals surface area (Å²) in [4.78, 5) is 11.0. The molecule has 0 aromatic heterocycles. The van der Waals surface area contributed by atoms with Gasteiger partial charge in [-0.25, -0.2) is 7.91 Å². The number of nitrogens with zero attached hydrogens (tertiary/aromatic N) is 1. The van der Waals surface area contributed by atoms with Gasteiger partial charge < -0.3 is 18.9 Å². The largest absolute Gasteiger partial charge is 0.441 e. The van der Waals surface area contributed by atoms with Crippen molar-refractivity contribution in [1.82, 2.24) is 3.11 Å². The second-order valence-corrected chi connectivity index (χ2v) is 4.40. The lowest BCUT2D eigenvalue weighted by atomic mass is 10.4. The summed E-state index contributed by atoms with van der Waals surface area (Å²) in [6, 6.07) is 0. The Morgan fingerprint density at radius 1 is 1.38 bits per heavy atom. The normalized spacial score (nSPS) is 20.2. The Kier molecular flexibility index (Phi) is 7.01. The molecular formula is C9H16INO5. The Hall–Kier alpha value is -0.120. The number of amides is 1. The van der Waals surface area contributed by atoms with Crippen LogP contribution in [-0.4, -0.2) is 62.0 Å². The van der Waals surface area contributed by atoms with E-state index in [2.05, 4.69) is 0 Å². The van der Waals surface area contributed by atoms with Gasteiger partial charge in [-0.05, 0) is 0 Å². The van der Waals surface area contributed by atoms with Crippen LogP contribution < -0.4 is 0 Å². The predicted molar refractivity (Wildman–Crippen MR) is 64.5 cm³/mol. The van der Waals surface area contributed by atoms with E-state index in [0.717, 1.165) is 0 Å². The molecule has 1 amide bonds. The first-order chi connectivity index (χ1) is 7.74. The molecule has 1 heterocycles. The molecule has 1 aliphatic rings. The Bertz CT molecular complexity index is 216. The van der Waals surface area contributed by atoms with Gasteiger partial charge >= 0.3 is 6.09 Å². The van der Waals surface area contributed by atoms with E-state index in [9.17, 15) is 4.79 Å². The topological polar surface area (TPSA) is 57.2 Å². The molecule has 1 saturated heterocycles. The Labute approximate surface area is 109 Å². The molecule has 7 heteroatoms. The fourth-order valence-corrected chi connectivity index (χ4v) is 1.71. The Balaban J connectivity index is 1.90. The number of cyclic esters (lactones) is 1. The molecular weight excluding hydrogens is 329 g/mol. The van der Waals surface area contributed by atoms with E-state index in [-0.39, 0.29) is 12.2 Å². The second-order valence-electron chi connectivity index (χ2n) is 3.23. The smallest absolute Gasteiger partial charge is 0.419 e. The van der Waals surface area contributed by atoms with E-state index in [1.54, 1.807) is 7.11 Å².